The van der Waals surface area contributed by atoms with E-state index in [9.17, 15) is 9.59 Å². The Morgan fingerprint density at radius 1 is 1.11 bits per heavy atom. The number of aryl methyl sites for hydroxylation is 1. The highest BCUT2D eigenvalue weighted by Crippen LogP contribution is 2.37. The minimum Gasteiger partial charge on any atom is -0.497 e. The van der Waals surface area contributed by atoms with Gasteiger partial charge in [-0.1, -0.05) is 29.5 Å². The van der Waals surface area contributed by atoms with Crippen LogP contribution in [-0.2, 0) is 9.53 Å². The molecule has 2 aromatic carbocycles. The summed E-state index contributed by atoms with van der Waals surface area (Å²) in [5.41, 5.74) is 4.05. The van der Waals surface area contributed by atoms with Crippen LogP contribution in [0.15, 0.2) is 63.5 Å². The predicted octanol–water partition coefficient (Wildman–Crippen LogP) is 3.22. The van der Waals surface area contributed by atoms with Crippen LogP contribution in [0, 0.1) is 6.92 Å². The topological polar surface area (TPSA) is 94.9 Å². The first kappa shape index (κ1) is 23.6. The highest BCUT2D eigenvalue weighted by Gasteiger charge is 2.35. The maximum absolute atomic E-state index is 13.9. The van der Waals surface area contributed by atoms with E-state index in [1.807, 2.05) is 37.3 Å². The summed E-state index contributed by atoms with van der Waals surface area (Å²) in [4.78, 5) is 35.3. The predicted molar refractivity (Wildman–Crippen MR) is 138 cm³/mol. The lowest BCUT2D eigenvalue weighted by Crippen LogP contribution is -2.40. The number of H-pyrrole nitrogens is 1. The molecule has 0 radical (unpaired) electrons. The molecule has 9 heteroatoms. The Morgan fingerprint density at radius 2 is 1.89 bits per heavy atom. The van der Waals surface area contributed by atoms with Crippen molar-refractivity contribution >= 4 is 34.3 Å². The van der Waals surface area contributed by atoms with E-state index in [4.69, 9.17) is 14.2 Å². The summed E-state index contributed by atoms with van der Waals surface area (Å²) in [5.74, 6) is 0.525. The van der Waals surface area contributed by atoms with E-state index in [1.165, 1.54) is 25.6 Å². The largest absolute Gasteiger partial charge is 0.497 e. The Hall–Kier alpha value is -4.11. The highest BCUT2D eigenvalue weighted by molar-refractivity contribution is 7.07. The van der Waals surface area contributed by atoms with Crippen molar-refractivity contribution in [3.05, 3.63) is 90.2 Å². The molecule has 0 saturated heterocycles. The Morgan fingerprint density at radius 3 is 2.61 bits per heavy atom. The van der Waals surface area contributed by atoms with E-state index in [2.05, 4.69) is 9.98 Å². The molecule has 0 aliphatic carbocycles. The summed E-state index contributed by atoms with van der Waals surface area (Å²) in [5, 5.41) is 1.03. The Balaban J connectivity index is 1.80. The molecule has 0 fully saturated rings. The van der Waals surface area contributed by atoms with E-state index >= 15 is 0 Å². The van der Waals surface area contributed by atoms with Crippen molar-refractivity contribution in [2.75, 3.05) is 21.3 Å². The number of nitrogens with one attached hydrogen (secondary N) is 1. The number of thiazole rings is 1. The van der Waals surface area contributed by atoms with Gasteiger partial charge in [0.2, 0.25) is 0 Å². The van der Waals surface area contributed by atoms with Crippen LogP contribution in [-0.4, -0.2) is 36.8 Å². The summed E-state index contributed by atoms with van der Waals surface area (Å²) in [7, 11) is 4.42. The number of nitrogens with zero attached hydrogens (tertiary/aromatic N) is 2. The van der Waals surface area contributed by atoms with Gasteiger partial charge < -0.3 is 19.2 Å². The van der Waals surface area contributed by atoms with Crippen molar-refractivity contribution in [2.24, 2.45) is 4.99 Å². The third-order valence-corrected chi connectivity index (χ3v) is 7.36. The number of para-hydroxylation sites is 1. The van der Waals surface area contributed by atoms with Gasteiger partial charge in [0.25, 0.3) is 5.56 Å². The van der Waals surface area contributed by atoms with Gasteiger partial charge in [0.15, 0.2) is 4.80 Å². The standard InChI is InChI=1S/C27H25N3O5S/c1-14-19(17-8-6-7-9-20(17)28-14)13-22-25(31)30-24(18-11-10-16(33-3)12-21(18)34-4)23(26(32)35-5)15(2)29-27(30)36-22/h6-13,24,28H,1-5H3/b22-13-/t24-/m1/s1. The molecule has 5 rings (SSSR count). The average Bonchev–Trinajstić information content (AvgIpc) is 3.37. The maximum atomic E-state index is 13.9. The number of allylic oxidation sites excluding steroid dienone is 1. The minimum atomic E-state index is -0.777. The monoisotopic (exact) mass is 503 g/mol. The number of hydrogen-bond donors (Lipinski definition) is 1. The molecule has 184 valence electrons. The van der Waals surface area contributed by atoms with Crippen molar-refractivity contribution in [3.63, 3.8) is 0 Å². The highest BCUT2D eigenvalue weighted by atomic mass is 32.1. The van der Waals surface area contributed by atoms with E-state index in [1.54, 1.807) is 36.8 Å². The molecule has 0 amide bonds. The molecule has 1 atom stereocenters. The van der Waals surface area contributed by atoms with Crippen LogP contribution in [0.25, 0.3) is 17.0 Å². The van der Waals surface area contributed by atoms with Gasteiger partial charge in [-0.25, -0.2) is 9.79 Å². The number of aromatic amines is 1. The Kier molecular flexibility index (Phi) is 6.01. The number of carbonyl (C=O) groups excluding carboxylic acids is 1. The molecule has 1 N–H and O–H groups in total. The number of aromatic nitrogens is 2. The first-order chi connectivity index (χ1) is 17.4. The van der Waals surface area contributed by atoms with Crippen LogP contribution in [0.1, 0.15) is 29.8 Å². The van der Waals surface area contributed by atoms with E-state index in [0.29, 0.717) is 32.1 Å². The molecule has 0 bridgehead atoms. The van der Waals surface area contributed by atoms with E-state index < -0.39 is 12.0 Å². The van der Waals surface area contributed by atoms with E-state index in [-0.39, 0.29) is 11.1 Å². The third kappa shape index (κ3) is 3.72. The lowest BCUT2D eigenvalue weighted by atomic mass is 9.95. The van der Waals surface area contributed by atoms with Gasteiger partial charge in [-0.3, -0.25) is 9.36 Å². The Bertz CT molecular complexity index is 1720. The van der Waals surface area contributed by atoms with Crippen molar-refractivity contribution in [3.8, 4) is 11.5 Å². The maximum Gasteiger partial charge on any atom is 0.338 e. The molecule has 0 saturated carbocycles. The zero-order valence-electron chi connectivity index (χ0n) is 20.5. The van der Waals surface area contributed by atoms with Crippen LogP contribution in [0.3, 0.4) is 0 Å². The number of fused-ring (bicyclic) bond motifs is 2. The second kappa shape index (κ2) is 9.16. The van der Waals surface area contributed by atoms with Crippen LogP contribution in [0.4, 0.5) is 0 Å². The first-order valence-electron chi connectivity index (χ1n) is 11.3. The molecule has 3 heterocycles. The quantitative estimate of drug-likeness (QED) is 0.422. The number of rotatable bonds is 5. The molecule has 1 aliphatic rings. The van der Waals surface area contributed by atoms with Crippen molar-refractivity contribution < 1.29 is 19.0 Å². The average molecular weight is 504 g/mol. The molecule has 36 heavy (non-hydrogen) atoms. The van der Waals surface area contributed by atoms with Gasteiger partial charge in [-0.15, -0.1) is 0 Å². The zero-order chi connectivity index (χ0) is 25.6. The molecular formula is C27H25N3O5S. The number of ether oxygens (including phenoxy) is 3. The fourth-order valence-corrected chi connectivity index (χ4v) is 5.68. The minimum absolute atomic E-state index is 0.250. The van der Waals surface area contributed by atoms with E-state index in [0.717, 1.165) is 22.2 Å². The SMILES string of the molecule is COC(=O)C1=C(C)N=c2s/c(=C\c3c(C)[nH]c4ccccc34)c(=O)n2[C@@H]1c1ccc(OC)cc1OC. The Labute approximate surface area is 210 Å². The normalized spacial score (nSPS) is 15.6. The third-order valence-electron chi connectivity index (χ3n) is 6.38. The molecule has 2 aromatic heterocycles. The molecule has 0 spiro atoms. The number of methoxy groups -OCH3 is 3. The molecule has 0 unspecified atom stereocenters. The smallest absolute Gasteiger partial charge is 0.338 e. The zero-order valence-corrected chi connectivity index (χ0v) is 21.4. The number of esters is 1. The second-order valence-electron chi connectivity index (χ2n) is 8.39. The lowest BCUT2D eigenvalue weighted by Gasteiger charge is -2.25. The first-order valence-corrected chi connectivity index (χ1v) is 12.1. The second-order valence-corrected chi connectivity index (χ2v) is 9.40. The molecule has 1 aliphatic heterocycles. The van der Waals surface area contributed by atoms with Crippen molar-refractivity contribution in [1.82, 2.24) is 9.55 Å². The van der Waals surface area contributed by atoms with Gasteiger partial charge in [-0.05, 0) is 38.1 Å². The van der Waals surface area contributed by atoms with Gasteiger partial charge in [0.05, 0.1) is 37.1 Å². The summed E-state index contributed by atoms with van der Waals surface area (Å²) in [6.07, 6.45) is 1.89. The van der Waals surface area contributed by atoms with Crippen molar-refractivity contribution in [1.29, 1.82) is 0 Å². The number of benzene rings is 2. The summed E-state index contributed by atoms with van der Waals surface area (Å²) in [6, 6.07) is 12.5. The number of hydrogen-bond acceptors (Lipinski definition) is 7. The van der Waals surface area contributed by atoms with Crippen LogP contribution < -0.4 is 24.4 Å². The molecule has 4 aromatic rings. The fourth-order valence-electron chi connectivity index (χ4n) is 4.65. The molecular weight excluding hydrogens is 478 g/mol. The summed E-state index contributed by atoms with van der Waals surface area (Å²) < 4.78 is 18.1. The van der Waals surface area contributed by atoms with Crippen LogP contribution in [0.5, 0.6) is 11.5 Å². The van der Waals surface area contributed by atoms with Gasteiger partial charge in [0.1, 0.15) is 17.5 Å². The summed E-state index contributed by atoms with van der Waals surface area (Å²) in [6.45, 7) is 3.73. The van der Waals surface area contributed by atoms with Gasteiger partial charge in [-0.2, -0.15) is 0 Å². The number of carbonyl (C=O) groups is 1. The fraction of sp³-hybridized carbons (Fsp3) is 0.222. The lowest BCUT2D eigenvalue weighted by molar-refractivity contribution is -0.136. The van der Waals surface area contributed by atoms with Gasteiger partial charge >= 0.3 is 5.97 Å². The van der Waals surface area contributed by atoms with Crippen molar-refractivity contribution in [2.45, 2.75) is 19.9 Å². The van der Waals surface area contributed by atoms with Gasteiger partial charge in [0, 0.05) is 33.8 Å². The van der Waals surface area contributed by atoms with Crippen LogP contribution in [0.2, 0.25) is 0 Å². The van der Waals surface area contributed by atoms with Crippen LogP contribution >= 0.6 is 11.3 Å². The summed E-state index contributed by atoms with van der Waals surface area (Å²) >= 11 is 1.28. The molecule has 8 nitrogen and oxygen atoms in total.